The molecule has 7 nitrogen and oxygen atoms in total. The van der Waals surface area contributed by atoms with E-state index >= 15 is 0 Å². The van der Waals surface area contributed by atoms with Crippen LogP contribution in [0.4, 0.5) is 0 Å². The van der Waals surface area contributed by atoms with Crippen LogP contribution >= 0.6 is 0 Å². The van der Waals surface area contributed by atoms with Gasteiger partial charge in [0.15, 0.2) is 0 Å². The maximum Gasteiger partial charge on any atom is 0.834 e. The molecule has 0 aliphatic heterocycles. The molecular formula is C9H20O7Si. The minimum absolute atomic E-state index is 0.291. The van der Waals surface area contributed by atoms with Crippen LogP contribution in [0.3, 0.4) is 0 Å². The molecule has 8 heteroatoms. The molecule has 0 aromatic rings. The summed E-state index contributed by atoms with van der Waals surface area (Å²) in [5, 5.41) is 0. The first-order valence-electron chi connectivity index (χ1n) is 5.36. The molecule has 17 heavy (non-hydrogen) atoms. The Morgan fingerprint density at radius 1 is 0.882 bits per heavy atom. The maximum atomic E-state index is 5.25. The van der Waals surface area contributed by atoms with Crippen molar-refractivity contribution in [1.82, 2.24) is 0 Å². The van der Waals surface area contributed by atoms with Crippen molar-refractivity contribution < 1.29 is 32.8 Å². The van der Waals surface area contributed by atoms with Gasteiger partial charge < -0.3 is 4.43 Å². The van der Waals surface area contributed by atoms with Gasteiger partial charge in [-0.1, -0.05) is 6.58 Å². The van der Waals surface area contributed by atoms with Crippen LogP contribution in [0, 0.1) is 0 Å². The zero-order chi connectivity index (χ0) is 13.1. The minimum atomic E-state index is -3.69. The van der Waals surface area contributed by atoms with Crippen LogP contribution in [0.5, 0.6) is 0 Å². The van der Waals surface area contributed by atoms with Gasteiger partial charge in [-0.25, -0.2) is 14.7 Å². The third-order valence-corrected chi connectivity index (χ3v) is 2.70. The van der Waals surface area contributed by atoms with Crippen molar-refractivity contribution in [3.05, 3.63) is 12.3 Å². The molecule has 0 aliphatic rings. The molecule has 0 fully saturated rings. The van der Waals surface area contributed by atoms with Crippen molar-refractivity contribution in [3.63, 3.8) is 0 Å². The molecule has 0 aromatic heterocycles. The van der Waals surface area contributed by atoms with Gasteiger partial charge in [-0.15, -0.1) is 0 Å². The van der Waals surface area contributed by atoms with E-state index in [2.05, 4.69) is 6.58 Å². The molecule has 0 heterocycles. The summed E-state index contributed by atoms with van der Waals surface area (Å²) in [6.07, 6.45) is 0. The number of hydrogen-bond donors (Lipinski definition) is 0. The molecule has 0 saturated heterocycles. The predicted molar refractivity (Wildman–Crippen MR) is 59.8 cm³/mol. The van der Waals surface area contributed by atoms with Gasteiger partial charge in [0.2, 0.25) is 0 Å². The highest BCUT2D eigenvalue weighted by Gasteiger charge is 2.55. The Hall–Kier alpha value is -0.483. The lowest BCUT2D eigenvalue weighted by Gasteiger charge is -2.23. The van der Waals surface area contributed by atoms with E-state index in [0.29, 0.717) is 25.6 Å². The predicted octanol–water partition coefficient (Wildman–Crippen LogP) is 1.88. The van der Waals surface area contributed by atoms with Crippen molar-refractivity contribution in [2.75, 3.05) is 19.8 Å². The van der Waals surface area contributed by atoms with E-state index in [-0.39, 0.29) is 0 Å². The van der Waals surface area contributed by atoms with E-state index in [1.165, 1.54) is 0 Å². The van der Waals surface area contributed by atoms with Crippen LogP contribution in [0.25, 0.3) is 0 Å². The van der Waals surface area contributed by atoms with Gasteiger partial charge in [0.05, 0.1) is 25.6 Å². The fourth-order valence-corrected chi connectivity index (χ4v) is 2.10. The summed E-state index contributed by atoms with van der Waals surface area (Å²) in [6.45, 7) is 11.3. The van der Waals surface area contributed by atoms with E-state index in [1.54, 1.807) is 27.7 Å². The van der Waals surface area contributed by atoms with Crippen LogP contribution in [0.2, 0.25) is 0 Å². The Morgan fingerprint density at radius 3 is 1.47 bits per heavy atom. The van der Waals surface area contributed by atoms with Crippen LogP contribution < -0.4 is 0 Å². The first kappa shape index (κ1) is 16.5. The SMILES string of the molecule is C=C(C)O[Si](OOCC)(OOCC)OOCC. The molecule has 0 amide bonds. The average Bonchev–Trinajstić information content (AvgIpc) is 2.30. The molecule has 0 atom stereocenters. The van der Waals surface area contributed by atoms with E-state index in [1.807, 2.05) is 0 Å². The molecule has 0 rings (SSSR count). The third kappa shape index (κ3) is 7.44. The van der Waals surface area contributed by atoms with Gasteiger partial charge in [0, 0.05) is 0 Å². The Kier molecular flexibility index (Phi) is 9.27. The zero-order valence-corrected chi connectivity index (χ0v) is 11.7. The lowest BCUT2D eigenvalue weighted by molar-refractivity contribution is -0.382. The molecule has 0 N–H and O–H groups in total. The van der Waals surface area contributed by atoms with Crippen molar-refractivity contribution in [2.45, 2.75) is 27.7 Å². The van der Waals surface area contributed by atoms with E-state index in [4.69, 9.17) is 32.8 Å². The van der Waals surface area contributed by atoms with Crippen LogP contribution in [-0.2, 0) is 32.8 Å². The van der Waals surface area contributed by atoms with Crippen molar-refractivity contribution in [2.24, 2.45) is 0 Å². The normalized spacial score (nSPS) is 11.5. The number of allylic oxidation sites excluding steroid dienone is 1. The molecule has 0 radical (unpaired) electrons. The van der Waals surface area contributed by atoms with E-state index in [9.17, 15) is 0 Å². The van der Waals surface area contributed by atoms with Gasteiger partial charge in [-0.05, 0) is 27.7 Å². The quantitative estimate of drug-likeness (QED) is 0.245. The van der Waals surface area contributed by atoms with Crippen LogP contribution in [0.15, 0.2) is 12.3 Å². The molecule has 0 saturated carbocycles. The van der Waals surface area contributed by atoms with E-state index in [0.717, 1.165) is 0 Å². The third-order valence-electron chi connectivity index (χ3n) is 1.14. The summed E-state index contributed by atoms with van der Waals surface area (Å²) in [5.74, 6) is 0.329. The number of hydrogen-bond acceptors (Lipinski definition) is 7. The second-order valence-corrected chi connectivity index (χ2v) is 4.48. The van der Waals surface area contributed by atoms with Gasteiger partial charge >= 0.3 is 9.05 Å². The second-order valence-electron chi connectivity index (χ2n) is 2.77. The standard InChI is InChI=1S/C9H20O7Si/c1-6-10-14-17(13-9(4)5,15-11-7-2)16-12-8-3/h4,6-8H2,1-3,5H3. The monoisotopic (exact) mass is 268 g/mol. The molecule has 0 aliphatic carbocycles. The Morgan fingerprint density at radius 2 is 1.24 bits per heavy atom. The van der Waals surface area contributed by atoms with Gasteiger partial charge in [0.25, 0.3) is 0 Å². The van der Waals surface area contributed by atoms with Gasteiger partial charge in [-0.3, -0.25) is 0 Å². The smallest absolute Gasteiger partial charge is 0.481 e. The molecule has 102 valence electrons. The molecule has 0 bridgehead atoms. The summed E-state index contributed by atoms with van der Waals surface area (Å²) in [5.41, 5.74) is 0. The minimum Gasteiger partial charge on any atom is -0.481 e. The van der Waals surface area contributed by atoms with Gasteiger partial charge in [0.1, 0.15) is 0 Å². The highest BCUT2D eigenvalue weighted by molar-refractivity contribution is 6.53. The summed E-state index contributed by atoms with van der Waals surface area (Å²) in [6, 6.07) is 0. The van der Waals surface area contributed by atoms with Gasteiger partial charge in [-0.2, -0.15) is 13.7 Å². The summed E-state index contributed by atoms with van der Waals surface area (Å²) < 4.78 is 20.1. The Balaban J connectivity index is 4.56. The molecule has 0 unspecified atom stereocenters. The van der Waals surface area contributed by atoms with Crippen LogP contribution in [-0.4, -0.2) is 28.9 Å². The lowest BCUT2D eigenvalue weighted by Crippen LogP contribution is -2.48. The first-order valence-corrected chi connectivity index (χ1v) is 6.99. The topological polar surface area (TPSA) is 64.6 Å². The van der Waals surface area contributed by atoms with Crippen molar-refractivity contribution >= 4 is 9.05 Å². The molecular weight excluding hydrogens is 248 g/mol. The fraction of sp³-hybridized carbons (Fsp3) is 0.778. The lowest BCUT2D eigenvalue weighted by atomic mass is 10.7. The molecule has 0 aromatic carbocycles. The fourth-order valence-electron chi connectivity index (χ4n) is 0.699. The average molecular weight is 268 g/mol. The highest BCUT2D eigenvalue weighted by atomic mass is 28.4. The van der Waals surface area contributed by atoms with Crippen LogP contribution in [0.1, 0.15) is 27.7 Å². The summed E-state index contributed by atoms with van der Waals surface area (Å²) in [7, 11) is -3.69. The second kappa shape index (κ2) is 9.54. The Labute approximate surface area is 102 Å². The van der Waals surface area contributed by atoms with Crippen molar-refractivity contribution in [3.8, 4) is 0 Å². The van der Waals surface area contributed by atoms with E-state index < -0.39 is 9.05 Å². The largest absolute Gasteiger partial charge is 0.834 e. The summed E-state index contributed by atoms with van der Waals surface area (Å²) >= 11 is 0. The first-order chi connectivity index (χ1) is 8.10. The summed E-state index contributed by atoms with van der Waals surface area (Å²) in [4.78, 5) is 14.3. The van der Waals surface area contributed by atoms with Crippen molar-refractivity contribution in [1.29, 1.82) is 0 Å². The maximum absolute atomic E-state index is 5.25. The number of rotatable bonds is 11. The molecule has 0 spiro atoms. The Bertz CT molecular complexity index is 190. The highest BCUT2D eigenvalue weighted by Crippen LogP contribution is 2.17. The zero-order valence-electron chi connectivity index (χ0n) is 10.7.